The van der Waals surface area contributed by atoms with E-state index in [0.717, 1.165) is 11.7 Å². The maximum atomic E-state index is 11.8. The van der Waals surface area contributed by atoms with Crippen LogP contribution in [0.15, 0.2) is 12.5 Å². The summed E-state index contributed by atoms with van der Waals surface area (Å²) in [5.74, 6) is -0.344. The molecule has 1 aromatic rings. The molecule has 4 N–H and O–H groups in total. The molecule has 1 rings (SSSR count). The van der Waals surface area contributed by atoms with Gasteiger partial charge in [-0.1, -0.05) is 19.6 Å². The van der Waals surface area contributed by atoms with Crippen molar-refractivity contribution in [2.24, 2.45) is 11.5 Å². The molecule has 0 spiro atoms. The van der Waals surface area contributed by atoms with Gasteiger partial charge in [0, 0.05) is 39.5 Å². The van der Waals surface area contributed by atoms with Gasteiger partial charge in [0.2, 0.25) is 0 Å². The van der Waals surface area contributed by atoms with Crippen LogP contribution in [0.4, 0.5) is 0 Å². The maximum Gasteiger partial charge on any atom is 0.323 e. The van der Waals surface area contributed by atoms with E-state index in [0.29, 0.717) is 26.1 Å². The van der Waals surface area contributed by atoms with Crippen molar-refractivity contribution in [3.05, 3.63) is 18.2 Å². The average molecular weight is 298 g/mol. The molecular weight excluding hydrogens is 272 g/mol. The van der Waals surface area contributed by atoms with Gasteiger partial charge >= 0.3 is 5.97 Å². The fourth-order valence-corrected chi connectivity index (χ4v) is 2.45. The van der Waals surface area contributed by atoms with Crippen LogP contribution in [-0.2, 0) is 22.5 Å². The molecule has 0 bridgehead atoms. The van der Waals surface area contributed by atoms with E-state index in [1.165, 1.54) is 0 Å². The predicted molar refractivity (Wildman–Crippen MR) is 82.1 cm³/mol. The van der Waals surface area contributed by atoms with E-state index in [2.05, 4.69) is 24.6 Å². The molecule has 0 fully saturated rings. The van der Waals surface area contributed by atoms with Crippen LogP contribution in [0.25, 0.3) is 0 Å². The molecule has 1 aromatic heterocycles. The molecular formula is C13H26N4O2Si. The topological polar surface area (TPSA) is 96.2 Å². The molecule has 0 amide bonds. The molecule has 114 valence electrons. The zero-order chi connectivity index (χ0) is 15.2. The lowest BCUT2D eigenvalue weighted by Crippen LogP contribution is -2.36. The molecule has 1 atom stereocenters. The van der Waals surface area contributed by atoms with Crippen molar-refractivity contribution in [3.8, 4) is 0 Å². The second-order valence-electron chi connectivity index (χ2n) is 6.16. The van der Waals surface area contributed by atoms with Gasteiger partial charge in [-0.15, -0.1) is 0 Å². The number of esters is 1. The Hall–Kier alpha value is -1.18. The number of aromatic nitrogens is 2. The SMILES string of the molecule is C[Si](C)(C)CCOC(=O)C(N)Cc1cncn1CCN. The molecule has 0 radical (unpaired) electrons. The van der Waals surface area contributed by atoms with Gasteiger partial charge in [-0.25, -0.2) is 4.98 Å². The van der Waals surface area contributed by atoms with E-state index in [-0.39, 0.29) is 5.97 Å². The van der Waals surface area contributed by atoms with Gasteiger partial charge in [0.05, 0.1) is 12.9 Å². The quantitative estimate of drug-likeness (QED) is 0.541. The first-order valence-corrected chi connectivity index (χ1v) is 10.7. The summed E-state index contributed by atoms with van der Waals surface area (Å²) in [4.78, 5) is 15.9. The van der Waals surface area contributed by atoms with Crippen molar-refractivity contribution in [2.75, 3.05) is 13.2 Å². The summed E-state index contributed by atoms with van der Waals surface area (Å²) in [6, 6.07) is 0.307. The molecule has 0 saturated heterocycles. The summed E-state index contributed by atoms with van der Waals surface area (Å²) in [7, 11) is -1.19. The van der Waals surface area contributed by atoms with E-state index < -0.39 is 14.1 Å². The Balaban J connectivity index is 2.43. The third-order valence-electron chi connectivity index (χ3n) is 3.00. The number of hydrogen-bond donors (Lipinski definition) is 2. The molecule has 0 saturated carbocycles. The smallest absolute Gasteiger partial charge is 0.323 e. The fraction of sp³-hybridized carbons (Fsp3) is 0.692. The molecule has 1 heterocycles. The Bertz CT molecular complexity index is 428. The minimum Gasteiger partial charge on any atom is -0.465 e. The normalized spacial score (nSPS) is 13.2. The van der Waals surface area contributed by atoms with E-state index in [1.807, 2.05) is 4.57 Å². The number of hydrogen-bond acceptors (Lipinski definition) is 5. The van der Waals surface area contributed by atoms with Gasteiger partial charge in [0.25, 0.3) is 0 Å². The lowest BCUT2D eigenvalue weighted by atomic mass is 10.2. The van der Waals surface area contributed by atoms with Crippen molar-refractivity contribution >= 4 is 14.0 Å². The fourth-order valence-electron chi connectivity index (χ4n) is 1.73. The summed E-state index contributed by atoms with van der Waals surface area (Å²) in [6.45, 7) is 8.39. The zero-order valence-electron chi connectivity index (χ0n) is 12.6. The Morgan fingerprint density at radius 2 is 2.20 bits per heavy atom. The maximum absolute atomic E-state index is 11.8. The van der Waals surface area contributed by atoms with E-state index in [9.17, 15) is 4.79 Å². The van der Waals surface area contributed by atoms with Crippen LogP contribution < -0.4 is 11.5 Å². The number of rotatable bonds is 8. The third-order valence-corrected chi connectivity index (χ3v) is 4.70. The number of nitrogens with two attached hydrogens (primary N) is 2. The van der Waals surface area contributed by atoms with Crippen LogP contribution in [-0.4, -0.2) is 42.8 Å². The van der Waals surface area contributed by atoms with E-state index >= 15 is 0 Å². The largest absolute Gasteiger partial charge is 0.465 e. The van der Waals surface area contributed by atoms with Crippen LogP contribution in [0.5, 0.6) is 0 Å². The summed E-state index contributed by atoms with van der Waals surface area (Å²) < 4.78 is 7.16. The summed E-state index contributed by atoms with van der Waals surface area (Å²) >= 11 is 0. The second-order valence-corrected chi connectivity index (χ2v) is 11.8. The number of imidazole rings is 1. The van der Waals surface area contributed by atoms with Crippen molar-refractivity contribution in [1.82, 2.24) is 9.55 Å². The predicted octanol–water partition coefficient (Wildman–Crippen LogP) is 0.593. The second kappa shape index (κ2) is 7.56. The van der Waals surface area contributed by atoms with Crippen LogP contribution >= 0.6 is 0 Å². The van der Waals surface area contributed by atoms with Crippen LogP contribution in [0.1, 0.15) is 5.69 Å². The highest BCUT2D eigenvalue weighted by atomic mass is 28.3. The van der Waals surface area contributed by atoms with Gasteiger partial charge in [-0.05, 0) is 6.04 Å². The number of ether oxygens (including phenoxy) is 1. The number of carbonyl (C=O) groups is 1. The van der Waals surface area contributed by atoms with Gasteiger partial charge in [0.1, 0.15) is 6.04 Å². The molecule has 0 aromatic carbocycles. The number of nitrogens with zero attached hydrogens (tertiary/aromatic N) is 2. The molecule has 0 aliphatic carbocycles. The van der Waals surface area contributed by atoms with Crippen molar-refractivity contribution in [2.45, 2.75) is 44.7 Å². The summed E-state index contributed by atoms with van der Waals surface area (Å²) in [5, 5.41) is 0. The van der Waals surface area contributed by atoms with Crippen LogP contribution in [0.2, 0.25) is 25.7 Å². The lowest BCUT2D eigenvalue weighted by Gasteiger charge is -2.17. The Kier molecular flexibility index (Phi) is 6.38. The minimum atomic E-state index is -1.19. The zero-order valence-corrected chi connectivity index (χ0v) is 13.6. The molecule has 0 aliphatic rings. The van der Waals surface area contributed by atoms with Gasteiger partial charge in [0.15, 0.2) is 0 Å². The van der Waals surface area contributed by atoms with Crippen LogP contribution in [0, 0.1) is 0 Å². The lowest BCUT2D eigenvalue weighted by molar-refractivity contribution is -0.144. The summed E-state index contributed by atoms with van der Waals surface area (Å²) in [5.41, 5.74) is 12.3. The monoisotopic (exact) mass is 298 g/mol. The first-order valence-electron chi connectivity index (χ1n) is 6.95. The van der Waals surface area contributed by atoms with Crippen molar-refractivity contribution < 1.29 is 9.53 Å². The highest BCUT2D eigenvalue weighted by Crippen LogP contribution is 2.09. The Morgan fingerprint density at radius 3 is 2.80 bits per heavy atom. The third kappa shape index (κ3) is 5.85. The molecule has 0 aliphatic heterocycles. The molecule has 1 unspecified atom stereocenters. The van der Waals surface area contributed by atoms with E-state index in [4.69, 9.17) is 16.2 Å². The van der Waals surface area contributed by atoms with Crippen molar-refractivity contribution in [1.29, 1.82) is 0 Å². The highest BCUT2D eigenvalue weighted by molar-refractivity contribution is 6.76. The first kappa shape index (κ1) is 16.9. The van der Waals surface area contributed by atoms with Crippen LogP contribution in [0.3, 0.4) is 0 Å². The highest BCUT2D eigenvalue weighted by Gasteiger charge is 2.19. The van der Waals surface area contributed by atoms with Gasteiger partial charge in [-0.2, -0.15) is 0 Å². The Morgan fingerprint density at radius 1 is 1.50 bits per heavy atom. The number of carbonyl (C=O) groups excluding carboxylic acids is 1. The van der Waals surface area contributed by atoms with Gasteiger partial charge in [-0.3, -0.25) is 4.79 Å². The summed E-state index contributed by atoms with van der Waals surface area (Å²) in [6.07, 6.45) is 3.84. The minimum absolute atomic E-state index is 0.344. The van der Waals surface area contributed by atoms with E-state index in [1.54, 1.807) is 12.5 Å². The van der Waals surface area contributed by atoms with Gasteiger partial charge < -0.3 is 20.8 Å². The van der Waals surface area contributed by atoms with Crippen molar-refractivity contribution in [3.63, 3.8) is 0 Å². The Labute approximate surface area is 121 Å². The molecule has 6 nitrogen and oxygen atoms in total. The standard InChI is InChI=1S/C13H26N4O2Si/c1-20(2,3)7-6-19-13(18)12(15)8-11-9-16-10-17(11)5-4-14/h9-10,12H,4-8,14-15H2,1-3H3. The first-order chi connectivity index (χ1) is 9.33. The average Bonchev–Trinajstić information content (AvgIpc) is 2.75. The molecule has 7 heteroatoms. The molecule has 20 heavy (non-hydrogen) atoms.